The van der Waals surface area contributed by atoms with Crippen LogP contribution in [-0.4, -0.2) is 55.0 Å². The highest BCUT2D eigenvalue weighted by Gasteiger charge is 2.33. The van der Waals surface area contributed by atoms with Gasteiger partial charge >= 0.3 is 6.16 Å². The third-order valence-corrected chi connectivity index (χ3v) is 5.32. The van der Waals surface area contributed by atoms with E-state index in [9.17, 15) is 19.2 Å². The molecule has 3 rings (SSSR count). The maximum atomic E-state index is 12.4. The van der Waals surface area contributed by atoms with E-state index in [2.05, 4.69) is 10.6 Å². The second-order valence-corrected chi connectivity index (χ2v) is 7.87. The van der Waals surface area contributed by atoms with Gasteiger partial charge in [0.1, 0.15) is 5.75 Å². The lowest BCUT2D eigenvalue weighted by Crippen LogP contribution is -2.35. The second-order valence-electron chi connectivity index (χ2n) is 7.87. The summed E-state index contributed by atoms with van der Waals surface area (Å²) >= 11 is 0. The summed E-state index contributed by atoms with van der Waals surface area (Å²) in [6.07, 6.45) is -0.0334. The van der Waals surface area contributed by atoms with E-state index in [0.29, 0.717) is 38.2 Å². The van der Waals surface area contributed by atoms with Crippen LogP contribution in [0.2, 0.25) is 0 Å². The summed E-state index contributed by atoms with van der Waals surface area (Å²) in [4.78, 5) is 49.9. The smallest absolute Gasteiger partial charge is 0.434 e. The molecule has 0 aliphatic carbocycles. The fraction of sp³-hybridized carbons (Fsp3) is 0.360. The molecule has 1 heterocycles. The van der Waals surface area contributed by atoms with Crippen molar-refractivity contribution in [2.24, 2.45) is 5.92 Å². The highest BCUT2D eigenvalue weighted by molar-refractivity contribution is 5.94. The SMILES string of the molecule is CCOC(=O)Oc1ccc(C(=O)NCCCNC(=O)C2CC(=O)N(Cc3ccccc3)C2)cc1. The lowest BCUT2D eigenvalue weighted by atomic mass is 10.1. The Bertz CT molecular complexity index is 993. The van der Waals surface area contributed by atoms with Crippen LogP contribution in [0.4, 0.5) is 4.79 Å². The van der Waals surface area contributed by atoms with Crippen LogP contribution in [0.1, 0.15) is 35.7 Å². The van der Waals surface area contributed by atoms with Gasteiger partial charge in [-0.25, -0.2) is 4.79 Å². The average molecular weight is 468 g/mol. The molecule has 1 unspecified atom stereocenters. The molecule has 9 heteroatoms. The monoisotopic (exact) mass is 467 g/mol. The first kappa shape index (κ1) is 24.8. The van der Waals surface area contributed by atoms with E-state index in [1.165, 1.54) is 12.1 Å². The third kappa shape index (κ3) is 7.33. The number of ether oxygens (including phenoxy) is 2. The minimum atomic E-state index is -0.798. The van der Waals surface area contributed by atoms with Crippen molar-refractivity contribution in [3.05, 3.63) is 65.7 Å². The van der Waals surface area contributed by atoms with Crippen LogP contribution in [0.3, 0.4) is 0 Å². The second kappa shape index (κ2) is 12.4. The van der Waals surface area contributed by atoms with Gasteiger partial charge in [0, 0.05) is 38.2 Å². The lowest BCUT2D eigenvalue weighted by molar-refractivity contribution is -0.129. The van der Waals surface area contributed by atoms with Crippen LogP contribution >= 0.6 is 0 Å². The summed E-state index contributed by atoms with van der Waals surface area (Å²) in [7, 11) is 0. The normalized spacial score (nSPS) is 15.0. The molecule has 3 amide bonds. The Morgan fingerprint density at radius 2 is 1.71 bits per heavy atom. The molecular formula is C25H29N3O6. The molecule has 1 aliphatic rings. The van der Waals surface area contributed by atoms with Crippen molar-refractivity contribution < 1.29 is 28.7 Å². The molecule has 2 aromatic carbocycles. The molecule has 1 saturated heterocycles. The molecule has 180 valence electrons. The molecule has 0 saturated carbocycles. The lowest BCUT2D eigenvalue weighted by Gasteiger charge is -2.16. The maximum absolute atomic E-state index is 12.4. The first-order valence-corrected chi connectivity index (χ1v) is 11.3. The molecule has 0 spiro atoms. The average Bonchev–Trinajstić information content (AvgIpc) is 3.20. The van der Waals surface area contributed by atoms with Crippen LogP contribution in [0, 0.1) is 5.92 Å². The minimum absolute atomic E-state index is 0.0186. The van der Waals surface area contributed by atoms with Gasteiger partial charge in [0.05, 0.1) is 12.5 Å². The Morgan fingerprint density at radius 3 is 2.41 bits per heavy atom. The van der Waals surface area contributed by atoms with Crippen molar-refractivity contribution >= 4 is 23.9 Å². The predicted molar refractivity (Wildman–Crippen MR) is 124 cm³/mol. The summed E-state index contributed by atoms with van der Waals surface area (Å²) in [6, 6.07) is 15.8. The summed E-state index contributed by atoms with van der Waals surface area (Å²) in [6.45, 7) is 3.58. The van der Waals surface area contributed by atoms with Crippen molar-refractivity contribution in [1.82, 2.24) is 15.5 Å². The molecule has 1 aliphatic heterocycles. The number of nitrogens with zero attached hydrogens (tertiary/aromatic N) is 1. The highest BCUT2D eigenvalue weighted by atomic mass is 16.7. The van der Waals surface area contributed by atoms with Crippen molar-refractivity contribution in [1.29, 1.82) is 0 Å². The number of nitrogens with one attached hydrogen (secondary N) is 2. The van der Waals surface area contributed by atoms with E-state index in [1.807, 2.05) is 30.3 Å². The van der Waals surface area contributed by atoms with Crippen LogP contribution in [0.25, 0.3) is 0 Å². The molecule has 0 radical (unpaired) electrons. The van der Waals surface area contributed by atoms with Crippen molar-refractivity contribution in [3.63, 3.8) is 0 Å². The Kier molecular flexibility index (Phi) is 9.02. The van der Waals surface area contributed by atoms with Crippen LogP contribution in [0.5, 0.6) is 5.75 Å². The van der Waals surface area contributed by atoms with Crippen LogP contribution in [0.15, 0.2) is 54.6 Å². The fourth-order valence-electron chi connectivity index (χ4n) is 3.57. The summed E-state index contributed by atoms with van der Waals surface area (Å²) in [5.74, 6) is -0.513. The third-order valence-electron chi connectivity index (χ3n) is 5.32. The summed E-state index contributed by atoms with van der Waals surface area (Å²) in [5.41, 5.74) is 1.46. The van der Waals surface area contributed by atoms with Gasteiger partial charge in [-0.2, -0.15) is 0 Å². The van der Waals surface area contributed by atoms with Crippen molar-refractivity contribution in [2.45, 2.75) is 26.3 Å². The molecule has 0 aromatic heterocycles. The molecule has 34 heavy (non-hydrogen) atoms. The number of carbonyl (C=O) groups excluding carboxylic acids is 4. The Morgan fingerprint density at radius 1 is 1.00 bits per heavy atom. The zero-order valence-electron chi connectivity index (χ0n) is 19.1. The summed E-state index contributed by atoms with van der Waals surface area (Å²) < 4.78 is 9.65. The van der Waals surface area contributed by atoms with E-state index in [4.69, 9.17) is 9.47 Å². The zero-order chi connectivity index (χ0) is 24.3. The number of amides is 3. The largest absolute Gasteiger partial charge is 0.513 e. The molecule has 1 fully saturated rings. The topological polar surface area (TPSA) is 114 Å². The van der Waals surface area contributed by atoms with Gasteiger partial charge in [0.25, 0.3) is 5.91 Å². The molecule has 9 nitrogen and oxygen atoms in total. The molecule has 1 atom stereocenters. The first-order valence-electron chi connectivity index (χ1n) is 11.3. The molecule has 0 bridgehead atoms. The number of benzene rings is 2. The van der Waals surface area contributed by atoms with E-state index >= 15 is 0 Å². The van der Waals surface area contributed by atoms with Gasteiger partial charge < -0.3 is 25.0 Å². The Hall–Kier alpha value is -3.88. The standard InChI is InChI=1S/C25H29N3O6/c1-2-33-25(32)34-21-11-9-19(10-12-21)23(30)26-13-6-14-27-24(31)20-15-22(29)28(17-20)16-18-7-4-3-5-8-18/h3-5,7-12,20H,2,6,13-17H2,1H3,(H,26,30)(H,27,31). The van der Waals surface area contributed by atoms with Gasteiger partial charge in [0.15, 0.2) is 0 Å². The van der Waals surface area contributed by atoms with Gasteiger partial charge in [-0.05, 0) is 43.2 Å². The summed E-state index contributed by atoms with van der Waals surface area (Å²) in [5, 5.41) is 5.63. The fourth-order valence-corrected chi connectivity index (χ4v) is 3.57. The zero-order valence-corrected chi connectivity index (χ0v) is 19.1. The highest BCUT2D eigenvalue weighted by Crippen LogP contribution is 2.20. The van der Waals surface area contributed by atoms with E-state index in [-0.39, 0.29) is 42.4 Å². The number of rotatable bonds is 10. The van der Waals surface area contributed by atoms with E-state index in [0.717, 1.165) is 5.56 Å². The van der Waals surface area contributed by atoms with Gasteiger partial charge in [-0.15, -0.1) is 0 Å². The quantitative estimate of drug-likeness (QED) is 0.315. The van der Waals surface area contributed by atoms with Gasteiger partial charge in [0.2, 0.25) is 11.8 Å². The van der Waals surface area contributed by atoms with Gasteiger partial charge in [-0.3, -0.25) is 14.4 Å². The number of likely N-dealkylation sites (tertiary alicyclic amines) is 1. The van der Waals surface area contributed by atoms with Crippen molar-refractivity contribution in [3.8, 4) is 5.75 Å². The minimum Gasteiger partial charge on any atom is -0.434 e. The van der Waals surface area contributed by atoms with Gasteiger partial charge in [-0.1, -0.05) is 30.3 Å². The first-order chi connectivity index (χ1) is 16.5. The number of carbonyl (C=O) groups is 4. The molecular weight excluding hydrogens is 438 g/mol. The Labute approximate surface area is 198 Å². The molecule has 2 N–H and O–H groups in total. The maximum Gasteiger partial charge on any atom is 0.513 e. The number of hydrogen-bond donors (Lipinski definition) is 2. The Balaban J connectivity index is 1.33. The van der Waals surface area contributed by atoms with E-state index < -0.39 is 6.16 Å². The number of hydrogen-bond acceptors (Lipinski definition) is 6. The van der Waals surface area contributed by atoms with Crippen LogP contribution in [-0.2, 0) is 20.9 Å². The molecule has 2 aromatic rings. The predicted octanol–water partition coefficient (Wildman–Crippen LogP) is 2.51. The van der Waals surface area contributed by atoms with Crippen LogP contribution < -0.4 is 15.4 Å². The van der Waals surface area contributed by atoms with Crippen molar-refractivity contribution in [2.75, 3.05) is 26.2 Å². The van der Waals surface area contributed by atoms with E-state index in [1.54, 1.807) is 24.0 Å².